The van der Waals surface area contributed by atoms with Crippen LogP contribution < -0.4 is 21.1 Å². The van der Waals surface area contributed by atoms with Gasteiger partial charge in [0.25, 0.3) is 5.91 Å². The molecule has 1 aliphatic heterocycles. The third-order valence-corrected chi connectivity index (χ3v) is 7.30. The third-order valence-electron chi connectivity index (χ3n) is 6.00. The molecule has 0 bridgehead atoms. The summed E-state index contributed by atoms with van der Waals surface area (Å²) in [5.41, 5.74) is 4.78. The van der Waals surface area contributed by atoms with Crippen molar-refractivity contribution in [2.24, 2.45) is 16.6 Å². The zero-order valence-corrected chi connectivity index (χ0v) is 20.1. The Kier molecular flexibility index (Phi) is 7.01. The normalized spacial score (nSPS) is 24.5. The van der Waals surface area contributed by atoms with Crippen LogP contribution in [0.3, 0.4) is 0 Å². The van der Waals surface area contributed by atoms with Gasteiger partial charge >= 0.3 is 6.18 Å². The summed E-state index contributed by atoms with van der Waals surface area (Å²) in [7, 11) is 0. The fraction of sp³-hybridized carbons (Fsp3) is 0.409. The second-order valence-electron chi connectivity index (χ2n) is 8.58. The molecular weight excluding hydrogens is 523 g/mol. The van der Waals surface area contributed by atoms with Crippen molar-refractivity contribution < 1.29 is 36.3 Å². The van der Waals surface area contributed by atoms with E-state index in [0.717, 1.165) is 30.2 Å². The molecule has 0 saturated heterocycles. The predicted molar refractivity (Wildman–Crippen MR) is 124 cm³/mol. The Morgan fingerprint density at radius 1 is 1.27 bits per heavy atom. The number of nitrogens with one attached hydrogen (secondary N) is 2. The van der Waals surface area contributed by atoms with Gasteiger partial charge in [-0.15, -0.1) is 0 Å². The third kappa shape index (κ3) is 5.45. The number of alkyl halides is 4. The Balaban J connectivity index is 1.52. The van der Waals surface area contributed by atoms with Crippen molar-refractivity contribution in [1.29, 1.82) is 0 Å². The summed E-state index contributed by atoms with van der Waals surface area (Å²) in [5, 5.41) is 5.11. The van der Waals surface area contributed by atoms with Crippen LogP contribution in [0.2, 0.25) is 0 Å². The Morgan fingerprint density at radius 2 is 2.03 bits per heavy atom. The van der Waals surface area contributed by atoms with E-state index in [-0.39, 0.29) is 28.7 Å². The first kappa shape index (κ1) is 26.6. The number of rotatable bonds is 8. The average Bonchev–Trinajstić information content (AvgIpc) is 3.59. The Hall–Kier alpha value is -3.49. The molecule has 3 atom stereocenters. The molecule has 2 aliphatic rings. The molecule has 1 saturated carbocycles. The van der Waals surface area contributed by atoms with E-state index in [2.05, 4.69) is 30.3 Å². The van der Waals surface area contributed by atoms with Crippen molar-refractivity contribution in [3.8, 4) is 5.88 Å². The zero-order chi connectivity index (χ0) is 27.0. The molecule has 1 aromatic heterocycles. The van der Waals surface area contributed by atoms with E-state index in [1.165, 1.54) is 12.1 Å². The molecule has 0 spiro atoms. The van der Waals surface area contributed by atoms with E-state index in [4.69, 9.17) is 5.73 Å². The number of carbonyl (C=O) groups excluding carboxylic acids is 2. The number of thioether (sulfide) groups is 1. The Bertz CT molecular complexity index is 1240. The molecule has 2 heterocycles. The van der Waals surface area contributed by atoms with Gasteiger partial charge in [0.15, 0.2) is 11.8 Å². The average molecular weight is 545 g/mol. The highest BCUT2D eigenvalue weighted by molar-refractivity contribution is 8.15. The maximum absolute atomic E-state index is 15.0. The van der Waals surface area contributed by atoms with Crippen LogP contribution >= 0.6 is 11.8 Å². The molecule has 37 heavy (non-hydrogen) atoms. The number of hydrogen-bond acceptors (Lipinski definition) is 8. The van der Waals surface area contributed by atoms with Gasteiger partial charge in [-0.3, -0.25) is 14.6 Å². The van der Waals surface area contributed by atoms with E-state index in [1.54, 1.807) is 6.92 Å². The van der Waals surface area contributed by atoms with Crippen LogP contribution in [0.1, 0.15) is 29.4 Å². The van der Waals surface area contributed by atoms with Crippen molar-refractivity contribution in [3.05, 3.63) is 47.7 Å². The van der Waals surface area contributed by atoms with Gasteiger partial charge < -0.3 is 21.1 Å². The predicted octanol–water partition coefficient (Wildman–Crippen LogP) is 2.93. The van der Waals surface area contributed by atoms with Crippen molar-refractivity contribution in [3.63, 3.8) is 0 Å². The lowest BCUT2D eigenvalue weighted by molar-refractivity contribution is -0.154. The lowest BCUT2D eigenvalue weighted by Gasteiger charge is -2.34. The molecule has 1 fully saturated rings. The quantitative estimate of drug-likeness (QED) is 0.436. The minimum absolute atomic E-state index is 0.0728. The van der Waals surface area contributed by atoms with Gasteiger partial charge in [0, 0.05) is 23.7 Å². The largest absolute Gasteiger partial charge is 0.467 e. The van der Waals surface area contributed by atoms with E-state index in [9.17, 15) is 27.2 Å². The number of aliphatic imine (C=N–C) groups is 1. The topological polar surface area (TPSA) is 132 Å². The highest BCUT2D eigenvalue weighted by Gasteiger charge is 2.70. The second-order valence-corrected chi connectivity index (χ2v) is 9.93. The fourth-order valence-electron chi connectivity index (χ4n) is 4.23. The van der Waals surface area contributed by atoms with Crippen LogP contribution in [-0.4, -0.2) is 57.7 Å². The molecule has 1 aliphatic carbocycles. The first-order valence-corrected chi connectivity index (χ1v) is 11.7. The molecule has 0 radical (unpaired) electrons. The van der Waals surface area contributed by atoms with E-state index in [1.807, 2.05) is 0 Å². The Morgan fingerprint density at radius 3 is 2.68 bits per heavy atom. The lowest BCUT2D eigenvalue weighted by Crippen LogP contribution is -2.44. The molecule has 9 nitrogen and oxygen atoms in total. The number of halogens is 5. The van der Waals surface area contributed by atoms with Crippen LogP contribution in [0.5, 0.6) is 5.88 Å². The first-order chi connectivity index (χ1) is 17.4. The highest BCUT2D eigenvalue weighted by atomic mass is 32.2. The molecule has 4 rings (SSSR count). The number of benzene rings is 1. The van der Waals surface area contributed by atoms with Gasteiger partial charge in [0.05, 0.1) is 17.9 Å². The molecule has 2 amide bonds. The van der Waals surface area contributed by atoms with Gasteiger partial charge in [0.2, 0.25) is 11.8 Å². The van der Waals surface area contributed by atoms with Gasteiger partial charge in [-0.05, 0) is 31.5 Å². The maximum Gasteiger partial charge on any atom is 0.422 e. The van der Waals surface area contributed by atoms with E-state index >= 15 is 4.39 Å². The highest BCUT2D eigenvalue weighted by Crippen LogP contribution is 2.66. The molecule has 2 aromatic rings. The summed E-state index contributed by atoms with van der Waals surface area (Å²) in [6, 6.07) is 3.78. The molecule has 0 unspecified atom stereocenters. The first-order valence-electron chi connectivity index (χ1n) is 10.9. The van der Waals surface area contributed by atoms with Gasteiger partial charge in [-0.25, -0.2) is 18.7 Å². The Labute approximate surface area is 211 Å². The molecule has 1 aromatic carbocycles. The number of hydrogen-bond donors (Lipinski definition) is 3. The number of anilines is 1. The maximum atomic E-state index is 15.0. The fourth-order valence-corrected chi connectivity index (χ4v) is 5.63. The number of nitrogens with two attached hydrogens (primary N) is 1. The monoisotopic (exact) mass is 544 g/mol. The van der Waals surface area contributed by atoms with Gasteiger partial charge in [-0.1, -0.05) is 11.8 Å². The van der Waals surface area contributed by atoms with Crippen molar-refractivity contribution in [2.75, 3.05) is 25.1 Å². The molecular formula is C22H21F5N6O3S. The van der Waals surface area contributed by atoms with Crippen molar-refractivity contribution in [2.45, 2.75) is 29.8 Å². The lowest BCUT2D eigenvalue weighted by atomic mass is 9.85. The van der Waals surface area contributed by atoms with E-state index in [0.29, 0.717) is 6.42 Å². The minimum atomic E-state index is -4.56. The van der Waals surface area contributed by atoms with Crippen molar-refractivity contribution in [1.82, 2.24) is 15.3 Å². The zero-order valence-electron chi connectivity index (χ0n) is 19.2. The summed E-state index contributed by atoms with van der Waals surface area (Å²) in [6.45, 7) is -0.822. The van der Waals surface area contributed by atoms with Gasteiger partial charge in [0.1, 0.15) is 22.9 Å². The summed E-state index contributed by atoms with van der Waals surface area (Å²) in [6.07, 6.45) is -2.41. The number of amides is 2. The summed E-state index contributed by atoms with van der Waals surface area (Å²) >= 11 is 1.06. The van der Waals surface area contributed by atoms with Gasteiger partial charge in [-0.2, -0.15) is 13.2 Å². The number of ether oxygens (including phenoxy) is 1. The van der Waals surface area contributed by atoms with Crippen LogP contribution in [0.15, 0.2) is 35.6 Å². The number of fused-ring (bicyclic) bond motifs is 1. The summed E-state index contributed by atoms with van der Waals surface area (Å²) in [5.74, 6) is -2.66. The van der Waals surface area contributed by atoms with E-state index < -0.39 is 59.2 Å². The molecule has 15 heteroatoms. The number of amidine groups is 1. The molecule has 198 valence electrons. The minimum Gasteiger partial charge on any atom is -0.467 e. The van der Waals surface area contributed by atoms with Crippen LogP contribution in [0.25, 0.3) is 0 Å². The molecule has 4 N–H and O–H groups in total. The summed E-state index contributed by atoms with van der Waals surface area (Å²) in [4.78, 5) is 37.1. The number of carbonyl (C=O) groups is 2. The number of aromatic nitrogens is 2. The number of nitrogens with zero attached hydrogens (tertiary/aromatic N) is 3. The van der Waals surface area contributed by atoms with Crippen molar-refractivity contribution >= 4 is 34.4 Å². The van der Waals surface area contributed by atoms with Crippen LogP contribution in [-0.2, 0) is 10.3 Å². The standard InChI is InChI=1S/C22H21F5N6O3S/c1-20(15-7-21(15,37-19(28)33-20)18(35)29-5-4-23)12-6-11(2-3-13(12)24)32-17(34)14-8-31-16(9-30-14)36-10-22(25,26)27/h2-3,6,8-9,15H,4-5,7,10H2,1H3,(H2,28,33)(H,29,35)(H,32,34)/t15-,20+,21-/m0/s1. The van der Waals surface area contributed by atoms with Crippen LogP contribution in [0, 0.1) is 11.7 Å². The smallest absolute Gasteiger partial charge is 0.422 e. The SMILES string of the molecule is C[C@]1(c2cc(NC(=O)c3cnc(OCC(F)(F)F)cn3)ccc2F)N=C(N)S[C@@]2(C(=O)NCCF)C[C@H]21. The van der Waals surface area contributed by atoms with Crippen LogP contribution in [0.4, 0.5) is 27.6 Å². The summed E-state index contributed by atoms with van der Waals surface area (Å²) < 4.78 is 67.8. The second kappa shape index (κ2) is 9.76.